The number of rotatable bonds is 7. The summed E-state index contributed by atoms with van der Waals surface area (Å²) in [5.41, 5.74) is 1.83. The van der Waals surface area contributed by atoms with E-state index in [1.165, 1.54) is 10.9 Å². The minimum absolute atomic E-state index is 0.0101. The summed E-state index contributed by atoms with van der Waals surface area (Å²) in [4.78, 5) is 26.6. The molecule has 0 saturated carbocycles. The Morgan fingerprint density at radius 3 is 2.65 bits per heavy atom. The second-order valence-corrected chi connectivity index (χ2v) is 6.63. The van der Waals surface area contributed by atoms with Gasteiger partial charge in [0.2, 0.25) is 5.91 Å². The first-order chi connectivity index (χ1) is 10.9. The number of benzene rings is 1. The zero-order valence-electron chi connectivity index (χ0n) is 13.9. The molecule has 0 fully saturated rings. The van der Waals surface area contributed by atoms with Crippen molar-refractivity contribution in [2.24, 2.45) is 5.41 Å². The number of aromatic amines is 1. The third kappa shape index (κ3) is 4.93. The van der Waals surface area contributed by atoms with E-state index in [-0.39, 0.29) is 24.9 Å². The minimum Gasteiger partial charge on any atom is -0.364 e. The van der Waals surface area contributed by atoms with Gasteiger partial charge in [0.25, 0.3) is 0 Å². The first kappa shape index (κ1) is 17.2. The predicted octanol–water partition coefficient (Wildman–Crippen LogP) is 2.46. The standard InChI is InChI=1S/C18H24N2O3/c1-18(2,3)16(21)11-23-12-17(22)19-9-8-13-10-20-15-7-5-4-6-14(13)15/h4-7,10,20H,8-9,11-12H2,1-3H3,(H,19,22). The highest BCUT2D eigenvalue weighted by atomic mass is 16.5. The average molecular weight is 316 g/mol. The molecule has 1 heterocycles. The molecule has 5 nitrogen and oxygen atoms in total. The van der Waals surface area contributed by atoms with Gasteiger partial charge in [0.1, 0.15) is 13.2 Å². The van der Waals surface area contributed by atoms with Crippen LogP contribution < -0.4 is 5.32 Å². The fourth-order valence-corrected chi connectivity index (χ4v) is 2.18. The molecule has 0 saturated heterocycles. The third-order valence-electron chi connectivity index (χ3n) is 3.69. The number of hydrogen-bond donors (Lipinski definition) is 2. The quantitative estimate of drug-likeness (QED) is 0.824. The summed E-state index contributed by atoms with van der Waals surface area (Å²) in [6.45, 7) is 5.92. The van der Waals surface area contributed by atoms with Gasteiger partial charge in [0, 0.05) is 29.1 Å². The number of nitrogens with one attached hydrogen (secondary N) is 2. The van der Waals surface area contributed by atoms with Crippen LogP contribution in [0.15, 0.2) is 30.5 Å². The summed E-state index contributed by atoms with van der Waals surface area (Å²) in [6.07, 6.45) is 2.71. The molecule has 2 rings (SSSR count). The van der Waals surface area contributed by atoms with Crippen LogP contribution in [0, 0.1) is 5.41 Å². The van der Waals surface area contributed by atoms with E-state index < -0.39 is 5.41 Å². The van der Waals surface area contributed by atoms with Crippen molar-refractivity contribution in [2.75, 3.05) is 19.8 Å². The minimum atomic E-state index is -0.439. The van der Waals surface area contributed by atoms with Gasteiger partial charge in [-0.25, -0.2) is 0 Å². The first-order valence-corrected chi connectivity index (χ1v) is 7.80. The van der Waals surface area contributed by atoms with Gasteiger partial charge in [-0.05, 0) is 18.1 Å². The maximum Gasteiger partial charge on any atom is 0.246 e. The summed E-state index contributed by atoms with van der Waals surface area (Å²) in [6, 6.07) is 8.07. The maximum atomic E-state index is 11.7. The molecule has 1 aromatic heterocycles. The Morgan fingerprint density at radius 1 is 1.17 bits per heavy atom. The van der Waals surface area contributed by atoms with Crippen molar-refractivity contribution in [1.82, 2.24) is 10.3 Å². The van der Waals surface area contributed by atoms with E-state index in [2.05, 4.69) is 16.4 Å². The lowest BCUT2D eigenvalue weighted by atomic mass is 9.91. The highest BCUT2D eigenvalue weighted by Crippen LogP contribution is 2.17. The monoisotopic (exact) mass is 316 g/mol. The van der Waals surface area contributed by atoms with Crippen molar-refractivity contribution in [2.45, 2.75) is 27.2 Å². The van der Waals surface area contributed by atoms with Gasteiger partial charge in [0.15, 0.2) is 5.78 Å². The topological polar surface area (TPSA) is 71.2 Å². The highest BCUT2D eigenvalue weighted by molar-refractivity contribution is 5.85. The van der Waals surface area contributed by atoms with E-state index in [0.29, 0.717) is 6.54 Å². The molecule has 0 atom stereocenters. The van der Waals surface area contributed by atoms with E-state index in [1.807, 2.05) is 45.2 Å². The van der Waals surface area contributed by atoms with E-state index in [4.69, 9.17) is 4.74 Å². The van der Waals surface area contributed by atoms with Crippen molar-refractivity contribution < 1.29 is 14.3 Å². The maximum absolute atomic E-state index is 11.7. The number of hydrogen-bond acceptors (Lipinski definition) is 3. The Kier molecular flexibility index (Phi) is 5.55. The fourth-order valence-electron chi connectivity index (χ4n) is 2.18. The zero-order valence-corrected chi connectivity index (χ0v) is 13.9. The summed E-state index contributed by atoms with van der Waals surface area (Å²) in [5.74, 6) is -0.212. The van der Waals surface area contributed by atoms with Crippen molar-refractivity contribution in [1.29, 1.82) is 0 Å². The average Bonchev–Trinajstić information content (AvgIpc) is 2.90. The van der Waals surface area contributed by atoms with E-state index in [9.17, 15) is 9.59 Å². The Bertz CT molecular complexity index is 683. The first-order valence-electron chi connectivity index (χ1n) is 7.80. The van der Waals surface area contributed by atoms with Gasteiger partial charge in [0.05, 0.1) is 0 Å². The number of H-pyrrole nitrogens is 1. The summed E-state index contributed by atoms with van der Waals surface area (Å²) in [7, 11) is 0. The molecule has 0 unspecified atom stereocenters. The van der Waals surface area contributed by atoms with Crippen molar-refractivity contribution in [3.63, 3.8) is 0 Å². The third-order valence-corrected chi connectivity index (χ3v) is 3.69. The van der Waals surface area contributed by atoms with Crippen molar-refractivity contribution >= 4 is 22.6 Å². The molecular formula is C18H24N2O3. The van der Waals surface area contributed by atoms with Crippen LogP contribution in [0.3, 0.4) is 0 Å². The number of fused-ring (bicyclic) bond motifs is 1. The second-order valence-electron chi connectivity index (χ2n) is 6.63. The Morgan fingerprint density at radius 2 is 1.91 bits per heavy atom. The van der Waals surface area contributed by atoms with Crippen LogP contribution in [0.2, 0.25) is 0 Å². The molecule has 0 aliphatic carbocycles. The molecule has 2 N–H and O–H groups in total. The molecular weight excluding hydrogens is 292 g/mol. The van der Waals surface area contributed by atoms with E-state index in [1.54, 1.807) is 0 Å². The summed E-state index contributed by atoms with van der Waals surface area (Å²) in [5, 5.41) is 3.98. The second kappa shape index (κ2) is 7.42. The normalized spacial score (nSPS) is 11.6. The zero-order chi connectivity index (χ0) is 16.9. The van der Waals surface area contributed by atoms with Gasteiger partial charge in [-0.3, -0.25) is 9.59 Å². The molecule has 1 amide bonds. The van der Waals surface area contributed by atoms with Gasteiger partial charge < -0.3 is 15.0 Å². The molecule has 0 aliphatic heterocycles. The lowest BCUT2D eigenvalue weighted by Crippen LogP contribution is -2.32. The lowest BCUT2D eigenvalue weighted by molar-refractivity contribution is -0.134. The number of amides is 1. The summed E-state index contributed by atoms with van der Waals surface area (Å²) < 4.78 is 5.17. The molecule has 2 aromatic rings. The van der Waals surface area contributed by atoms with Gasteiger partial charge >= 0.3 is 0 Å². The molecule has 0 radical (unpaired) electrons. The van der Waals surface area contributed by atoms with Crippen LogP contribution in [-0.2, 0) is 20.7 Å². The Labute approximate surface area is 136 Å². The number of para-hydroxylation sites is 1. The van der Waals surface area contributed by atoms with Gasteiger partial charge in [-0.15, -0.1) is 0 Å². The number of ether oxygens (including phenoxy) is 1. The fraction of sp³-hybridized carbons (Fsp3) is 0.444. The van der Waals surface area contributed by atoms with E-state index in [0.717, 1.165) is 11.9 Å². The molecule has 0 aliphatic rings. The number of carbonyl (C=O) groups excluding carboxylic acids is 2. The highest BCUT2D eigenvalue weighted by Gasteiger charge is 2.21. The van der Waals surface area contributed by atoms with Gasteiger partial charge in [-0.2, -0.15) is 0 Å². The molecule has 5 heteroatoms. The van der Waals surface area contributed by atoms with E-state index >= 15 is 0 Å². The molecule has 124 valence electrons. The number of carbonyl (C=O) groups is 2. The van der Waals surface area contributed by atoms with Crippen molar-refractivity contribution in [3.05, 3.63) is 36.0 Å². The number of aromatic nitrogens is 1. The van der Waals surface area contributed by atoms with Crippen LogP contribution in [0.5, 0.6) is 0 Å². The van der Waals surface area contributed by atoms with Crippen LogP contribution in [0.25, 0.3) is 10.9 Å². The van der Waals surface area contributed by atoms with Crippen LogP contribution in [-0.4, -0.2) is 36.4 Å². The van der Waals surface area contributed by atoms with Crippen LogP contribution in [0.1, 0.15) is 26.3 Å². The van der Waals surface area contributed by atoms with Crippen molar-refractivity contribution in [3.8, 4) is 0 Å². The SMILES string of the molecule is CC(C)(C)C(=O)COCC(=O)NCCc1c[nH]c2ccccc12. The largest absolute Gasteiger partial charge is 0.364 e. The predicted molar refractivity (Wildman–Crippen MR) is 90.3 cm³/mol. The molecule has 0 spiro atoms. The lowest BCUT2D eigenvalue weighted by Gasteiger charge is -2.16. The number of Topliss-reactive ketones (excluding diaryl/α,β-unsaturated/α-hetero) is 1. The van der Waals surface area contributed by atoms with Gasteiger partial charge in [-0.1, -0.05) is 39.0 Å². The molecule has 23 heavy (non-hydrogen) atoms. The Hall–Kier alpha value is -2.14. The van der Waals surface area contributed by atoms with Crippen LogP contribution >= 0.6 is 0 Å². The van der Waals surface area contributed by atoms with Crippen LogP contribution in [0.4, 0.5) is 0 Å². The summed E-state index contributed by atoms with van der Waals surface area (Å²) >= 11 is 0. The smallest absolute Gasteiger partial charge is 0.246 e. The molecule has 1 aromatic carbocycles. The molecule has 0 bridgehead atoms. The number of ketones is 1. The Balaban J connectivity index is 1.70.